The fourth-order valence-electron chi connectivity index (χ4n) is 3.13. The van der Waals surface area contributed by atoms with Gasteiger partial charge in [0.25, 0.3) is 0 Å². The largest absolute Gasteiger partial charge is 0.396 e. The SMILES string of the molecule is Nc1cnn(CCN2CCC3NC(=O)CCC3C2)c1. The number of aromatic nitrogens is 2. The van der Waals surface area contributed by atoms with Crippen molar-refractivity contribution in [2.24, 2.45) is 5.92 Å². The van der Waals surface area contributed by atoms with Crippen molar-refractivity contribution in [2.75, 3.05) is 25.4 Å². The van der Waals surface area contributed by atoms with E-state index in [1.807, 2.05) is 10.9 Å². The minimum absolute atomic E-state index is 0.224. The predicted molar refractivity (Wildman–Crippen MR) is 72.4 cm³/mol. The van der Waals surface area contributed by atoms with Crippen molar-refractivity contribution in [1.29, 1.82) is 0 Å². The van der Waals surface area contributed by atoms with Crippen LogP contribution in [-0.4, -0.2) is 46.3 Å². The summed E-state index contributed by atoms with van der Waals surface area (Å²) in [4.78, 5) is 13.8. The molecule has 1 aromatic rings. The number of nitrogen functional groups attached to an aromatic ring is 1. The molecular weight excluding hydrogens is 242 g/mol. The quantitative estimate of drug-likeness (QED) is 0.809. The van der Waals surface area contributed by atoms with Crippen molar-refractivity contribution < 1.29 is 4.79 Å². The second-order valence-corrected chi connectivity index (χ2v) is 5.60. The normalized spacial score (nSPS) is 27.9. The Labute approximate surface area is 112 Å². The molecule has 0 saturated carbocycles. The summed E-state index contributed by atoms with van der Waals surface area (Å²) in [6.07, 6.45) is 6.33. The number of hydrogen-bond donors (Lipinski definition) is 2. The number of hydrogen-bond acceptors (Lipinski definition) is 4. The van der Waals surface area contributed by atoms with E-state index >= 15 is 0 Å². The molecule has 0 aliphatic carbocycles. The Morgan fingerprint density at radius 3 is 3.11 bits per heavy atom. The van der Waals surface area contributed by atoms with E-state index in [-0.39, 0.29) is 5.91 Å². The van der Waals surface area contributed by atoms with Gasteiger partial charge in [-0.25, -0.2) is 0 Å². The standard InChI is InChI=1S/C13H21N5O/c14-11-7-15-18(9-11)6-5-17-4-3-12-10(8-17)1-2-13(19)16-12/h7,9-10,12H,1-6,8,14H2,(H,16,19). The van der Waals surface area contributed by atoms with Gasteiger partial charge in [-0.3, -0.25) is 9.48 Å². The maximum Gasteiger partial charge on any atom is 0.220 e. The lowest BCUT2D eigenvalue weighted by molar-refractivity contribution is -0.125. The molecule has 3 N–H and O–H groups in total. The molecule has 1 amide bonds. The van der Waals surface area contributed by atoms with Crippen LogP contribution < -0.4 is 11.1 Å². The summed E-state index contributed by atoms with van der Waals surface area (Å²) in [5, 5.41) is 7.32. The van der Waals surface area contributed by atoms with Gasteiger partial charge in [0.1, 0.15) is 0 Å². The van der Waals surface area contributed by atoms with E-state index in [9.17, 15) is 4.79 Å². The Balaban J connectivity index is 1.50. The van der Waals surface area contributed by atoms with Crippen molar-refractivity contribution in [3.05, 3.63) is 12.4 Å². The zero-order valence-corrected chi connectivity index (χ0v) is 11.1. The van der Waals surface area contributed by atoms with Gasteiger partial charge in [-0.2, -0.15) is 5.10 Å². The van der Waals surface area contributed by atoms with E-state index in [1.54, 1.807) is 6.20 Å². The molecule has 2 unspecified atom stereocenters. The molecule has 0 radical (unpaired) electrons. The number of rotatable bonds is 3. The zero-order chi connectivity index (χ0) is 13.2. The van der Waals surface area contributed by atoms with E-state index in [0.29, 0.717) is 24.1 Å². The van der Waals surface area contributed by atoms with Crippen molar-refractivity contribution in [1.82, 2.24) is 20.0 Å². The number of carbonyl (C=O) groups is 1. The van der Waals surface area contributed by atoms with Crippen LogP contribution in [0.2, 0.25) is 0 Å². The Hall–Kier alpha value is -1.56. The number of nitrogens with zero attached hydrogens (tertiary/aromatic N) is 3. The van der Waals surface area contributed by atoms with Crippen LogP contribution in [0.15, 0.2) is 12.4 Å². The summed E-state index contributed by atoms with van der Waals surface area (Å²) in [5.74, 6) is 0.843. The van der Waals surface area contributed by atoms with E-state index in [2.05, 4.69) is 15.3 Å². The fraction of sp³-hybridized carbons (Fsp3) is 0.692. The van der Waals surface area contributed by atoms with Crippen LogP contribution in [0.4, 0.5) is 5.69 Å². The number of carbonyl (C=O) groups excluding carboxylic acids is 1. The Bertz CT molecular complexity index is 458. The maximum atomic E-state index is 11.4. The van der Waals surface area contributed by atoms with Gasteiger partial charge in [-0.15, -0.1) is 0 Å². The summed E-state index contributed by atoms with van der Waals surface area (Å²) in [6.45, 7) is 4.01. The first-order valence-electron chi connectivity index (χ1n) is 7.00. The number of amides is 1. The number of anilines is 1. The zero-order valence-electron chi connectivity index (χ0n) is 11.1. The lowest BCUT2D eigenvalue weighted by Crippen LogP contribution is -2.54. The van der Waals surface area contributed by atoms with Gasteiger partial charge in [0.15, 0.2) is 0 Å². The average Bonchev–Trinajstić information content (AvgIpc) is 2.82. The van der Waals surface area contributed by atoms with Crippen molar-refractivity contribution in [2.45, 2.75) is 31.8 Å². The molecule has 0 spiro atoms. The molecule has 6 nitrogen and oxygen atoms in total. The summed E-state index contributed by atoms with van der Waals surface area (Å²) in [6, 6.07) is 0.401. The van der Waals surface area contributed by atoms with Crippen molar-refractivity contribution in [3.8, 4) is 0 Å². The van der Waals surface area contributed by atoms with Crippen LogP contribution >= 0.6 is 0 Å². The summed E-state index contributed by atoms with van der Waals surface area (Å²) in [5.41, 5.74) is 6.37. The Morgan fingerprint density at radius 1 is 1.42 bits per heavy atom. The number of likely N-dealkylation sites (tertiary alicyclic amines) is 1. The second-order valence-electron chi connectivity index (χ2n) is 5.60. The van der Waals surface area contributed by atoms with Crippen LogP contribution in [0.3, 0.4) is 0 Å². The highest BCUT2D eigenvalue weighted by molar-refractivity contribution is 5.77. The third-order valence-corrected chi connectivity index (χ3v) is 4.21. The monoisotopic (exact) mass is 263 g/mol. The van der Waals surface area contributed by atoms with Crippen molar-refractivity contribution in [3.63, 3.8) is 0 Å². The molecule has 2 saturated heterocycles. The highest BCUT2D eigenvalue weighted by Gasteiger charge is 2.33. The van der Waals surface area contributed by atoms with Gasteiger partial charge < -0.3 is 16.0 Å². The van der Waals surface area contributed by atoms with Gasteiger partial charge in [0.05, 0.1) is 18.4 Å². The average molecular weight is 263 g/mol. The molecule has 2 aliphatic rings. The Kier molecular flexibility index (Phi) is 3.42. The number of nitrogens with one attached hydrogen (secondary N) is 1. The molecule has 1 aromatic heterocycles. The molecule has 0 aromatic carbocycles. The van der Waals surface area contributed by atoms with Crippen LogP contribution in [0.5, 0.6) is 0 Å². The topological polar surface area (TPSA) is 76.2 Å². The molecule has 2 aliphatic heterocycles. The van der Waals surface area contributed by atoms with E-state index in [4.69, 9.17) is 5.73 Å². The molecule has 3 heterocycles. The number of piperidine rings is 2. The molecule has 2 fully saturated rings. The summed E-state index contributed by atoms with van der Waals surface area (Å²) < 4.78 is 1.89. The number of fused-ring (bicyclic) bond motifs is 1. The lowest BCUT2D eigenvalue weighted by Gasteiger charge is -2.41. The van der Waals surface area contributed by atoms with Gasteiger partial charge in [-0.05, 0) is 18.8 Å². The first kappa shape index (κ1) is 12.5. The third kappa shape index (κ3) is 2.89. The molecular formula is C13H21N5O. The molecule has 3 rings (SSSR count). The lowest BCUT2D eigenvalue weighted by atomic mass is 9.85. The van der Waals surface area contributed by atoms with E-state index in [1.165, 1.54) is 0 Å². The van der Waals surface area contributed by atoms with E-state index < -0.39 is 0 Å². The van der Waals surface area contributed by atoms with Gasteiger partial charge in [-0.1, -0.05) is 0 Å². The second kappa shape index (κ2) is 5.21. The fourth-order valence-corrected chi connectivity index (χ4v) is 3.13. The van der Waals surface area contributed by atoms with Gasteiger partial charge in [0, 0.05) is 38.3 Å². The summed E-state index contributed by atoms with van der Waals surface area (Å²) >= 11 is 0. The van der Waals surface area contributed by atoms with Crippen LogP contribution in [0.25, 0.3) is 0 Å². The van der Waals surface area contributed by atoms with Crippen LogP contribution in [0.1, 0.15) is 19.3 Å². The van der Waals surface area contributed by atoms with Crippen molar-refractivity contribution >= 4 is 11.6 Å². The predicted octanol–water partition coefficient (Wildman–Crippen LogP) is 0.0658. The molecule has 19 heavy (non-hydrogen) atoms. The van der Waals surface area contributed by atoms with Gasteiger partial charge in [0.2, 0.25) is 5.91 Å². The van der Waals surface area contributed by atoms with Gasteiger partial charge >= 0.3 is 0 Å². The van der Waals surface area contributed by atoms with Crippen LogP contribution in [0, 0.1) is 5.92 Å². The Morgan fingerprint density at radius 2 is 2.32 bits per heavy atom. The smallest absolute Gasteiger partial charge is 0.220 e. The first-order valence-corrected chi connectivity index (χ1v) is 7.00. The molecule has 2 atom stereocenters. The third-order valence-electron chi connectivity index (χ3n) is 4.21. The minimum Gasteiger partial charge on any atom is -0.396 e. The summed E-state index contributed by atoms with van der Waals surface area (Å²) in [7, 11) is 0. The number of nitrogens with two attached hydrogens (primary N) is 1. The van der Waals surface area contributed by atoms with Crippen LogP contribution in [-0.2, 0) is 11.3 Å². The maximum absolute atomic E-state index is 11.4. The molecule has 0 bridgehead atoms. The van der Waals surface area contributed by atoms with E-state index in [0.717, 1.165) is 39.0 Å². The highest BCUT2D eigenvalue weighted by Crippen LogP contribution is 2.25. The molecule has 104 valence electrons. The minimum atomic E-state index is 0.224. The first-order chi connectivity index (χ1) is 9.20. The molecule has 6 heteroatoms. The highest BCUT2D eigenvalue weighted by atomic mass is 16.1.